The van der Waals surface area contributed by atoms with Crippen molar-refractivity contribution in [1.82, 2.24) is 14.7 Å². The average Bonchev–Trinajstić information content (AvgIpc) is 3.67. The topological polar surface area (TPSA) is 164 Å². The van der Waals surface area contributed by atoms with Gasteiger partial charge in [-0.3, -0.25) is 5.41 Å². The summed E-state index contributed by atoms with van der Waals surface area (Å²) in [5, 5.41) is 33.5. The Morgan fingerprint density at radius 1 is 0.932 bits per heavy atom. The van der Waals surface area contributed by atoms with E-state index in [0.717, 1.165) is 55.4 Å². The molecule has 0 amide bonds. The maximum Gasteiger partial charge on any atom is 0.298 e. The van der Waals surface area contributed by atoms with Crippen LogP contribution < -0.4 is 5.73 Å². The first-order chi connectivity index (χ1) is 20.6. The molecule has 2 aliphatic heterocycles. The smallest absolute Gasteiger partial charge is 0.298 e. The first kappa shape index (κ1) is 47.7. The zero-order valence-corrected chi connectivity index (χ0v) is 30.2. The Bertz CT molecular complexity index is 1120. The molecule has 44 heavy (non-hydrogen) atoms. The minimum atomic E-state index is -0.0139. The lowest BCUT2D eigenvalue weighted by molar-refractivity contribution is 0.469. The van der Waals surface area contributed by atoms with E-state index in [-0.39, 0.29) is 30.5 Å². The summed E-state index contributed by atoms with van der Waals surface area (Å²) in [5.74, 6) is 1.97. The van der Waals surface area contributed by atoms with Gasteiger partial charge in [0.15, 0.2) is 15.4 Å². The van der Waals surface area contributed by atoms with Crippen LogP contribution >= 0.6 is 59.7 Å². The zero-order valence-electron chi connectivity index (χ0n) is 26.1. The summed E-state index contributed by atoms with van der Waals surface area (Å²) in [4.78, 5) is 20.6. The van der Waals surface area contributed by atoms with Gasteiger partial charge in [0.2, 0.25) is 0 Å². The van der Waals surface area contributed by atoms with Gasteiger partial charge < -0.3 is 25.3 Å². The van der Waals surface area contributed by atoms with Gasteiger partial charge >= 0.3 is 0 Å². The maximum atomic E-state index is 8.71. The molecule has 0 aliphatic carbocycles. The van der Waals surface area contributed by atoms with Crippen LogP contribution in [0.25, 0.3) is 9.69 Å². The number of thiocarbonyl (C=S) groups is 1. The molecule has 0 atom stereocenters. The lowest BCUT2D eigenvalue weighted by Gasteiger charge is -2.18. The maximum absolute atomic E-state index is 8.71. The Kier molecular flexibility index (Phi) is 35.4. The van der Waals surface area contributed by atoms with Gasteiger partial charge in [0, 0.05) is 45.0 Å². The molecule has 0 saturated carbocycles. The second-order valence-corrected chi connectivity index (χ2v) is 10.0. The van der Waals surface area contributed by atoms with Gasteiger partial charge in [0.1, 0.15) is 17.8 Å². The van der Waals surface area contributed by atoms with Crippen molar-refractivity contribution in [2.24, 2.45) is 15.7 Å². The molecule has 0 spiro atoms. The van der Waals surface area contributed by atoms with Crippen molar-refractivity contribution >= 4 is 81.0 Å². The Hall–Kier alpha value is -3.23. The van der Waals surface area contributed by atoms with Crippen molar-refractivity contribution < 1.29 is 0 Å². The Morgan fingerprint density at radius 3 is 1.61 bits per heavy atom. The minimum absolute atomic E-state index is 0. The molecule has 2 aliphatic rings. The molecule has 0 unspecified atom stereocenters. The van der Waals surface area contributed by atoms with Gasteiger partial charge in [-0.1, -0.05) is 23.5 Å². The van der Waals surface area contributed by atoms with E-state index in [2.05, 4.69) is 57.2 Å². The van der Waals surface area contributed by atoms with Crippen molar-refractivity contribution in [3.8, 4) is 18.2 Å². The molecule has 242 valence electrons. The lowest BCUT2D eigenvalue weighted by Crippen LogP contribution is -2.34. The van der Waals surface area contributed by atoms with E-state index in [1.807, 2.05) is 24.8 Å². The number of alkyl halides is 1. The van der Waals surface area contributed by atoms with E-state index in [9.17, 15) is 0 Å². The van der Waals surface area contributed by atoms with E-state index in [1.54, 1.807) is 35.7 Å². The molecular formula is C27H42Cl2N12S3. The van der Waals surface area contributed by atoms with Crippen molar-refractivity contribution in [3.63, 3.8) is 0 Å². The highest BCUT2D eigenvalue weighted by atomic mass is 35.5. The SMILES string of the molecule is CCN(CC)C(N)=S.CCN(CC)C1=NC(=N)CS1.Cl.N#CCCl.[C-]#[N+]/C(C#N)=C1\CSC(N(CC)CC)=N1.[C-]#[N+]CC#N. The number of amidine groups is 3. The van der Waals surface area contributed by atoms with Crippen LogP contribution in [0, 0.1) is 52.5 Å². The van der Waals surface area contributed by atoms with Crippen LogP contribution in [0.3, 0.4) is 0 Å². The van der Waals surface area contributed by atoms with Gasteiger partial charge in [-0.25, -0.2) is 26.7 Å². The molecule has 3 N–H and O–H groups in total. The largest absolute Gasteiger partial charge is 0.376 e. The third kappa shape index (κ3) is 22.3. The molecule has 2 heterocycles. The number of thioether (sulfide) groups is 2. The third-order valence-corrected chi connectivity index (χ3v) is 7.41. The average molecular weight is 702 g/mol. The number of allylic oxidation sites excluding steroid dienone is 1. The quantitative estimate of drug-likeness (QED) is 0.116. The van der Waals surface area contributed by atoms with Crippen molar-refractivity contribution in [1.29, 1.82) is 21.2 Å². The van der Waals surface area contributed by atoms with Crippen LogP contribution in [0.2, 0.25) is 0 Å². The molecule has 0 aromatic carbocycles. The Morgan fingerprint density at radius 2 is 1.39 bits per heavy atom. The number of nitrogens with one attached hydrogen (secondary N) is 1. The Balaban J connectivity index is -0.000000245. The number of nitriles is 3. The summed E-state index contributed by atoms with van der Waals surface area (Å²) in [5.41, 5.74) is 6.04. The molecule has 0 bridgehead atoms. The lowest BCUT2D eigenvalue weighted by atomic mass is 10.4. The van der Waals surface area contributed by atoms with E-state index in [4.69, 9.17) is 63.9 Å². The highest BCUT2D eigenvalue weighted by Crippen LogP contribution is 2.26. The zero-order chi connectivity index (χ0) is 33.6. The summed E-state index contributed by atoms with van der Waals surface area (Å²) in [6.07, 6.45) is 0. The summed E-state index contributed by atoms with van der Waals surface area (Å²) >= 11 is 12.8. The normalized spacial score (nSPS) is 12.8. The van der Waals surface area contributed by atoms with Gasteiger partial charge in [0.05, 0.1) is 30.2 Å². The van der Waals surface area contributed by atoms with E-state index >= 15 is 0 Å². The van der Waals surface area contributed by atoms with Crippen LogP contribution in [0.15, 0.2) is 21.4 Å². The Labute approximate surface area is 288 Å². The van der Waals surface area contributed by atoms with E-state index in [1.165, 1.54) is 0 Å². The van der Waals surface area contributed by atoms with Crippen LogP contribution in [0.4, 0.5) is 0 Å². The summed E-state index contributed by atoms with van der Waals surface area (Å²) in [6, 6.07) is 5.23. The van der Waals surface area contributed by atoms with Gasteiger partial charge in [-0.2, -0.15) is 10.5 Å². The molecular weight excluding hydrogens is 659 g/mol. The van der Waals surface area contributed by atoms with Crippen LogP contribution in [0.1, 0.15) is 41.5 Å². The summed E-state index contributed by atoms with van der Waals surface area (Å²) < 4.78 is 0. The van der Waals surface area contributed by atoms with E-state index < -0.39 is 0 Å². The molecule has 2 rings (SSSR count). The van der Waals surface area contributed by atoms with Crippen LogP contribution in [0.5, 0.6) is 0 Å². The molecule has 0 saturated heterocycles. The fraction of sp³-hybridized carbons (Fsp3) is 0.593. The molecule has 0 radical (unpaired) electrons. The number of halogens is 2. The fourth-order valence-corrected chi connectivity index (χ4v) is 5.07. The monoisotopic (exact) mass is 700 g/mol. The number of nitrogens with zero attached hydrogens (tertiary/aromatic N) is 10. The second kappa shape index (κ2) is 32.7. The first-order valence-electron chi connectivity index (χ1n) is 13.3. The number of rotatable bonds is 6. The highest BCUT2D eigenvalue weighted by Gasteiger charge is 2.19. The van der Waals surface area contributed by atoms with E-state index in [0.29, 0.717) is 22.4 Å². The van der Waals surface area contributed by atoms with Crippen LogP contribution in [-0.4, -0.2) is 99.2 Å². The molecule has 12 nitrogen and oxygen atoms in total. The van der Waals surface area contributed by atoms with Gasteiger partial charge in [-0.05, 0) is 53.8 Å². The fourth-order valence-electron chi connectivity index (χ4n) is 2.78. The summed E-state index contributed by atoms with van der Waals surface area (Å²) in [6.45, 7) is 30.8. The molecule has 0 aromatic rings. The molecule has 17 heteroatoms. The molecule has 0 aromatic heterocycles. The predicted octanol–water partition coefficient (Wildman–Crippen LogP) is 5.67. The number of aliphatic imine (C=N–C) groups is 2. The number of nitrogens with two attached hydrogens (primary N) is 1. The first-order valence-corrected chi connectivity index (χ1v) is 16.2. The van der Waals surface area contributed by atoms with Crippen molar-refractivity contribution in [3.05, 3.63) is 34.2 Å². The third-order valence-electron chi connectivity index (χ3n) is 4.98. The van der Waals surface area contributed by atoms with Crippen molar-refractivity contribution in [2.75, 3.05) is 63.2 Å². The second-order valence-electron chi connectivity index (χ2n) is 7.45. The van der Waals surface area contributed by atoms with Gasteiger partial charge in [-0.15, -0.1) is 24.0 Å². The predicted molar refractivity (Wildman–Crippen MR) is 193 cm³/mol. The van der Waals surface area contributed by atoms with Crippen molar-refractivity contribution in [2.45, 2.75) is 41.5 Å². The number of hydrogen-bond acceptors (Lipinski definition) is 10. The molecule has 0 fully saturated rings. The standard InChI is InChI=1S/C10H12N4S.C7H13N3S.C5H12N2S.C3H2N2.C2H2ClN.ClH/c1-4-14(5-2)10-13-9(7-15-10)8(6-11)12-3;1-3-10(4-2)7-9-6(8)5-11-7;1-3-7(4-2)5(6)8;1-5-3-2-4;3-1-2-4;/h4-5,7H2,1-2H3;8H,3-5H2,1-2H3;3-4H2,1-2H3,(H2,6,8);3H2;1H2;1H/b9-8+;;;;;. The summed E-state index contributed by atoms with van der Waals surface area (Å²) in [7, 11) is 0. The van der Waals surface area contributed by atoms with Crippen LogP contribution in [-0.2, 0) is 0 Å². The minimum Gasteiger partial charge on any atom is -0.376 e. The van der Waals surface area contributed by atoms with Gasteiger partial charge in [0.25, 0.3) is 12.2 Å². The highest BCUT2D eigenvalue weighted by molar-refractivity contribution is 8.14. The number of hydrogen-bond donors (Lipinski definition) is 2.